The Balaban J connectivity index is 2.42. The highest BCUT2D eigenvalue weighted by Gasteiger charge is 2.00. The summed E-state index contributed by atoms with van der Waals surface area (Å²) in [5.41, 5.74) is 2.63. The first-order chi connectivity index (χ1) is 7.83. The van der Waals surface area contributed by atoms with Gasteiger partial charge in [-0.05, 0) is 24.3 Å². The molecule has 0 aliphatic heterocycles. The molecule has 16 heavy (non-hydrogen) atoms. The van der Waals surface area contributed by atoms with E-state index in [1.165, 1.54) is 0 Å². The quantitative estimate of drug-likeness (QED) is 0.712. The van der Waals surface area contributed by atoms with Crippen LogP contribution < -0.4 is 0 Å². The molecule has 2 aromatic rings. The van der Waals surface area contributed by atoms with Crippen molar-refractivity contribution in [2.75, 3.05) is 0 Å². The summed E-state index contributed by atoms with van der Waals surface area (Å²) in [4.78, 5) is 14.8. The third-order valence-electron chi connectivity index (χ3n) is 2.20. The van der Waals surface area contributed by atoms with Gasteiger partial charge in [-0.1, -0.05) is 18.2 Å². The van der Waals surface area contributed by atoms with Gasteiger partial charge in [-0.3, -0.25) is 4.79 Å². The maximum absolute atomic E-state index is 10.6. The second kappa shape index (κ2) is 4.37. The third-order valence-corrected chi connectivity index (χ3v) is 2.20. The van der Waals surface area contributed by atoms with Crippen LogP contribution in [0.15, 0.2) is 42.5 Å². The van der Waals surface area contributed by atoms with Crippen LogP contribution in [0.3, 0.4) is 0 Å². The van der Waals surface area contributed by atoms with Gasteiger partial charge in [0.1, 0.15) is 5.69 Å². The largest absolute Gasteiger partial charge is 0.296 e. The maximum Gasteiger partial charge on any atom is 0.168 e. The number of nitrogens with zero attached hydrogens (tertiary/aromatic N) is 2. The van der Waals surface area contributed by atoms with Crippen LogP contribution in [0.4, 0.5) is 0 Å². The molecule has 0 fully saturated rings. The summed E-state index contributed by atoms with van der Waals surface area (Å²) in [5.74, 6) is 0. The fraction of sp³-hybridized carbons (Fsp3) is 0. The van der Waals surface area contributed by atoms with E-state index in [4.69, 9.17) is 5.26 Å². The summed E-state index contributed by atoms with van der Waals surface area (Å²) in [6.45, 7) is 0. The van der Waals surface area contributed by atoms with Crippen LogP contribution in [0.1, 0.15) is 16.1 Å². The molecule has 2 rings (SSSR count). The van der Waals surface area contributed by atoms with E-state index < -0.39 is 0 Å². The zero-order chi connectivity index (χ0) is 11.4. The van der Waals surface area contributed by atoms with Crippen molar-refractivity contribution in [3.63, 3.8) is 0 Å². The molecule has 0 atom stereocenters. The van der Waals surface area contributed by atoms with Gasteiger partial charge in [-0.25, -0.2) is 4.98 Å². The molecule has 0 amide bonds. The Morgan fingerprint density at radius 3 is 2.50 bits per heavy atom. The number of carbonyl (C=O) groups is 1. The molecule has 1 aromatic heterocycles. The van der Waals surface area contributed by atoms with Crippen molar-refractivity contribution in [3.8, 4) is 17.3 Å². The van der Waals surface area contributed by atoms with Crippen molar-refractivity contribution in [1.82, 2.24) is 4.98 Å². The molecule has 3 heteroatoms. The molecule has 0 saturated heterocycles. The van der Waals surface area contributed by atoms with Gasteiger partial charge in [0, 0.05) is 5.56 Å². The average Bonchev–Trinajstić information content (AvgIpc) is 2.39. The van der Waals surface area contributed by atoms with Crippen LogP contribution in [0.5, 0.6) is 0 Å². The summed E-state index contributed by atoms with van der Waals surface area (Å²) >= 11 is 0. The van der Waals surface area contributed by atoms with Crippen molar-refractivity contribution in [2.45, 2.75) is 0 Å². The lowest BCUT2D eigenvalue weighted by atomic mass is 10.1. The number of hydrogen-bond donors (Lipinski definition) is 0. The summed E-state index contributed by atoms with van der Waals surface area (Å²) in [7, 11) is 0. The lowest BCUT2D eigenvalue weighted by Gasteiger charge is -2.00. The number of hydrogen-bond acceptors (Lipinski definition) is 3. The normalized spacial score (nSPS) is 9.44. The summed E-state index contributed by atoms with van der Waals surface area (Å²) < 4.78 is 0. The smallest absolute Gasteiger partial charge is 0.168 e. The molecule has 76 valence electrons. The molecule has 0 aliphatic rings. The van der Waals surface area contributed by atoms with Gasteiger partial charge in [0.25, 0.3) is 0 Å². The van der Waals surface area contributed by atoms with E-state index >= 15 is 0 Å². The van der Waals surface area contributed by atoms with Crippen molar-refractivity contribution in [3.05, 3.63) is 53.7 Å². The van der Waals surface area contributed by atoms with Crippen molar-refractivity contribution in [2.24, 2.45) is 0 Å². The van der Waals surface area contributed by atoms with Crippen molar-refractivity contribution < 1.29 is 4.79 Å². The average molecular weight is 208 g/mol. The first-order valence-electron chi connectivity index (χ1n) is 4.76. The van der Waals surface area contributed by atoms with Crippen molar-refractivity contribution >= 4 is 6.29 Å². The summed E-state index contributed by atoms with van der Waals surface area (Å²) in [6, 6.07) is 14.4. The SMILES string of the molecule is N#Cc1ccc(-c2cccc(C=O)n2)cc1. The molecule has 3 nitrogen and oxygen atoms in total. The zero-order valence-corrected chi connectivity index (χ0v) is 8.42. The number of aromatic nitrogens is 1. The fourth-order valence-corrected chi connectivity index (χ4v) is 1.39. The number of nitriles is 1. The van der Waals surface area contributed by atoms with Crippen LogP contribution >= 0.6 is 0 Å². The Bertz CT molecular complexity index is 553. The fourth-order valence-electron chi connectivity index (χ4n) is 1.39. The van der Waals surface area contributed by atoms with Gasteiger partial charge in [0.05, 0.1) is 17.3 Å². The topological polar surface area (TPSA) is 53.8 Å². The molecule has 0 aliphatic carbocycles. The minimum absolute atomic E-state index is 0.404. The predicted octanol–water partition coefficient (Wildman–Crippen LogP) is 2.43. The zero-order valence-electron chi connectivity index (χ0n) is 8.42. The highest BCUT2D eigenvalue weighted by molar-refractivity contribution is 5.73. The number of carbonyl (C=O) groups excluding carboxylic acids is 1. The summed E-state index contributed by atoms with van der Waals surface area (Å²) in [5, 5.41) is 8.67. The molecule has 0 unspecified atom stereocenters. The number of pyridine rings is 1. The first-order valence-corrected chi connectivity index (χ1v) is 4.76. The van der Waals surface area contributed by atoms with Crippen LogP contribution in [0.25, 0.3) is 11.3 Å². The summed E-state index contributed by atoms with van der Waals surface area (Å²) in [6.07, 6.45) is 0.715. The Morgan fingerprint density at radius 2 is 1.88 bits per heavy atom. The predicted molar refractivity (Wildman–Crippen MR) is 59.8 cm³/mol. The van der Waals surface area contributed by atoms with Gasteiger partial charge < -0.3 is 0 Å². The second-order valence-corrected chi connectivity index (χ2v) is 3.25. The molecule has 0 radical (unpaired) electrons. The molecule has 0 saturated carbocycles. The van der Waals surface area contributed by atoms with E-state index in [2.05, 4.69) is 11.1 Å². The first kappa shape index (κ1) is 10.1. The molecular formula is C13H8N2O. The van der Waals surface area contributed by atoms with Crippen LogP contribution in [-0.2, 0) is 0 Å². The van der Waals surface area contributed by atoms with Gasteiger partial charge in [-0.15, -0.1) is 0 Å². The lowest BCUT2D eigenvalue weighted by molar-refractivity contribution is 0.111. The minimum atomic E-state index is 0.404. The van der Waals surface area contributed by atoms with Gasteiger partial charge in [-0.2, -0.15) is 5.26 Å². The molecule has 0 bridgehead atoms. The molecule has 1 heterocycles. The maximum atomic E-state index is 10.6. The van der Waals surface area contributed by atoms with E-state index in [-0.39, 0.29) is 0 Å². The van der Waals surface area contributed by atoms with Crippen LogP contribution in [0.2, 0.25) is 0 Å². The van der Waals surface area contributed by atoms with Gasteiger partial charge >= 0.3 is 0 Å². The van der Waals surface area contributed by atoms with E-state index in [0.29, 0.717) is 17.5 Å². The Labute approximate surface area is 93.0 Å². The van der Waals surface area contributed by atoms with E-state index in [1.807, 2.05) is 18.2 Å². The number of benzene rings is 1. The number of aldehydes is 1. The monoisotopic (exact) mass is 208 g/mol. The standard InChI is InChI=1S/C13H8N2O/c14-8-10-4-6-11(7-5-10)13-3-1-2-12(9-16)15-13/h1-7,9H. The third kappa shape index (κ3) is 1.96. The molecule has 0 N–H and O–H groups in total. The van der Waals surface area contributed by atoms with E-state index in [0.717, 1.165) is 11.3 Å². The van der Waals surface area contributed by atoms with Crippen LogP contribution in [0, 0.1) is 11.3 Å². The van der Waals surface area contributed by atoms with E-state index in [9.17, 15) is 4.79 Å². The lowest BCUT2D eigenvalue weighted by Crippen LogP contribution is -1.89. The Morgan fingerprint density at radius 1 is 1.12 bits per heavy atom. The molecule has 1 aromatic carbocycles. The van der Waals surface area contributed by atoms with Gasteiger partial charge in [0.2, 0.25) is 0 Å². The van der Waals surface area contributed by atoms with Crippen molar-refractivity contribution in [1.29, 1.82) is 5.26 Å². The second-order valence-electron chi connectivity index (χ2n) is 3.25. The Hall–Kier alpha value is -2.47. The van der Waals surface area contributed by atoms with Gasteiger partial charge in [0.15, 0.2) is 6.29 Å². The van der Waals surface area contributed by atoms with Crippen LogP contribution in [-0.4, -0.2) is 11.3 Å². The molecule has 0 spiro atoms. The highest BCUT2D eigenvalue weighted by atomic mass is 16.1. The Kier molecular flexibility index (Phi) is 2.75. The van der Waals surface area contributed by atoms with E-state index in [1.54, 1.807) is 24.3 Å². The minimum Gasteiger partial charge on any atom is -0.296 e. The number of rotatable bonds is 2. The molecular weight excluding hydrogens is 200 g/mol. The highest BCUT2D eigenvalue weighted by Crippen LogP contribution is 2.17.